The van der Waals surface area contributed by atoms with Crippen LogP contribution < -0.4 is 0 Å². The number of aromatic nitrogens is 2. The molecule has 1 aromatic heterocycles. The van der Waals surface area contributed by atoms with E-state index in [4.69, 9.17) is 4.74 Å². The summed E-state index contributed by atoms with van der Waals surface area (Å²) in [5.74, 6) is 0.321. The van der Waals surface area contributed by atoms with Crippen LogP contribution >= 0.6 is 0 Å². The van der Waals surface area contributed by atoms with Crippen LogP contribution in [0.3, 0.4) is 0 Å². The van der Waals surface area contributed by atoms with Gasteiger partial charge in [-0.2, -0.15) is 0 Å². The zero-order valence-corrected chi connectivity index (χ0v) is 11.7. The van der Waals surface area contributed by atoms with Gasteiger partial charge in [0.15, 0.2) is 0 Å². The molecule has 0 saturated heterocycles. The van der Waals surface area contributed by atoms with E-state index in [9.17, 15) is 9.50 Å². The molecule has 5 heteroatoms. The second-order valence-electron chi connectivity index (χ2n) is 4.57. The van der Waals surface area contributed by atoms with Gasteiger partial charge in [-0.3, -0.25) is 0 Å². The van der Waals surface area contributed by atoms with E-state index in [1.807, 2.05) is 13.8 Å². The van der Waals surface area contributed by atoms with Crippen LogP contribution in [0.15, 0.2) is 36.7 Å². The number of hydrogen-bond acceptors (Lipinski definition) is 3. The van der Waals surface area contributed by atoms with E-state index in [0.717, 1.165) is 5.82 Å². The third-order valence-electron chi connectivity index (χ3n) is 3.16. The Labute approximate surface area is 117 Å². The van der Waals surface area contributed by atoms with Gasteiger partial charge in [-0.15, -0.1) is 0 Å². The number of aliphatic hydroxyl groups is 1. The minimum atomic E-state index is -0.919. The molecule has 0 amide bonds. The number of ether oxygens (including phenoxy) is 1. The SMILES string of the molecule is CCO[C@@H](C)c1nccn1C[C@H](O)c1ccccc1F. The Morgan fingerprint density at radius 1 is 1.40 bits per heavy atom. The molecule has 0 saturated carbocycles. The maximum atomic E-state index is 13.6. The predicted molar refractivity (Wildman–Crippen MR) is 73.6 cm³/mol. The third-order valence-corrected chi connectivity index (χ3v) is 3.16. The summed E-state index contributed by atoms with van der Waals surface area (Å²) in [6.45, 7) is 4.65. The Kier molecular flexibility index (Phi) is 4.87. The van der Waals surface area contributed by atoms with Crippen LogP contribution in [0.2, 0.25) is 0 Å². The Balaban J connectivity index is 2.15. The molecule has 0 bridgehead atoms. The summed E-state index contributed by atoms with van der Waals surface area (Å²) in [6, 6.07) is 6.24. The number of nitrogens with zero attached hydrogens (tertiary/aromatic N) is 2. The van der Waals surface area contributed by atoms with Crippen LogP contribution in [0.25, 0.3) is 0 Å². The van der Waals surface area contributed by atoms with Gasteiger partial charge in [0.05, 0.1) is 12.6 Å². The Hall–Kier alpha value is -1.72. The van der Waals surface area contributed by atoms with Gasteiger partial charge in [-0.25, -0.2) is 9.37 Å². The van der Waals surface area contributed by atoms with Crippen molar-refractivity contribution in [3.8, 4) is 0 Å². The maximum Gasteiger partial charge on any atom is 0.137 e. The first kappa shape index (κ1) is 14.7. The zero-order chi connectivity index (χ0) is 14.5. The van der Waals surface area contributed by atoms with Crippen LogP contribution in [-0.2, 0) is 11.3 Å². The smallest absolute Gasteiger partial charge is 0.137 e. The summed E-state index contributed by atoms with van der Waals surface area (Å²) < 4.78 is 20.9. The summed E-state index contributed by atoms with van der Waals surface area (Å²) in [4.78, 5) is 4.24. The van der Waals surface area contributed by atoms with Gasteiger partial charge >= 0.3 is 0 Å². The van der Waals surface area contributed by atoms with Gasteiger partial charge in [0.25, 0.3) is 0 Å². The molecule has 0 spiro atoms. The van der Waals surface area contributed by atoms with Gasteiger partial charge in [0, 0.05) is 24.6 Å². The van der Waals surface area contributed by atoms with Gasteiger partial charge in [-0.05, 0) is 19.9 Å². The molecule has 0 radical (unpaired) electrons. The molecule has 2 aromatic rings. The van der Waals surface area contributed by atoms with E-state index in [0.29, 0.717) is 6.61 Å². The molecule has 108 valence electrons. The summed E-state index contributed by atoms with van der Waals surface area (Å²) in [5.41, 5.74) is 0.288. The molecule has 1 N–H and O–H groups in total. The van der Waals surface area contributed by atoms with Crippen molar-refractivity contribution in [3.63, 3.8) is 0 Å². The lowest BCUT2D eigenvalue weighted by molar-refractivity contribution is 0.0642. The highest BCUT2D eigenvalue weighted by Crippen LogP contribution is 2.21. The van der Waals surface area contributed by atoms with Crippen LogP contribution in [0.5, 0.6) is 0 Å². The van der Waals surface area contributed by atoms with Crippen molar-refractivity contribution in [3.05, 3.63) is 53.9 Å². The van der Waals surface area contributed by atoms with Crippen LogP contribution in [0.1, 0.15) is 37.4 Å². The Morgan fingerprint density at radius 3 is 2.85 bits per heavy atom. The molecular formula is C15H19FN2O2. The van der Waals surface area contributed by atoms with Gasteiger partial charge in [0.1, 0.15) is 17.7 Å². The van der Waals surface area contributed by atoms with E-state index < -0.39 is 11.9 Å². The first-order valence-electron chi connectivity index (χ1n) is 6.68. The largest absolute Gasteiger partial charge is 0.386 e. The molecule has 0 aliphatic rings. The molecule has 0 unspecified atom stereocenters. The molecule has 2 atom stereocenters. The fraction of sp³-hybridized carbons (Fsp3) is 0.400. The molecule has 4 nitrogen and oxygen atoms in total. The molecule has 1 aromatic carbocycles. The van der Waals surface area contributed by atoms with E-state index in [1.54, 1.807) is 35.2 Å². The van der Waals surface area contributed by atoms with Gasteiger partial charge in [0.2, 0.25) is 0 Å². The Bertz CT molecular complexity index is 556. The van der Waals surface area contributed by atoms with Crippen molar-refractivity contribution in [1.29, 1.82) is 0 Å². The number of hydrogen-bond donors (Lipinski definition) is 1. The van der Waals surface area contributed by atoms with Gasteiger partial charge < -0.3 is 14.4 Å². The lowest BCUT2D eigenvalue weighted by Gasteiger charge is -2.17. The summed E-state index contributed by atoms with van der Waals surface area (Å²) in [5, 5.41) is 10.2. The van der Waals surface area contributed by atoms with Crippen LogP contribution in [0.4, 0.5) is 4.39 Å². The van der Waals surface area contributed by atoms with Gasteiger partial charge in [-0.1, -0.05) is 18.2 Å². The summed E-state index contributed by atoms with van der Waals surface area (Å²) in [7, 11) is 0. The lowest BCUT2D eigenvalue weighted by Crippen LogP contribution is -2.15. The highest BCUT2D eigenvalue weighted by Gasteiger charge is 2.17. The minimum absolute atomic E-state index is 0.164. The third kappa shape index (κ3) is 3.23. The number of rotatable bonds is 6. The molecule has 0 aliphatic heterocycles. The maximum absolute atomic E-state index is 13.6. The number of benzene rings is 1. The molecular weight excluding hydrogens is 259 g/mol. The minimum Gasteiger partial charge on any atom is -0.386 e. The van der Waals surface area contributed by atoms with Crippen molar-refractivity contribution < 1.29 is 14.2 Å². The average molecular weight is 278 g/mol. The number of halogens is 1. The first-order chi connectivity index (χ1) is 9.63. The quantitative estimate of drug-likeness (QED) is 0.884. The topological polar surface area (TPSA) is 47.3 Å². The standard InChI is InChI=1S/C15H19FN2O2/c1-3-20-11(2)15-17-8-9-18(15)10-14(19)12-6-4-5-7-13(12)16/h4-9,11,14,19H,3,10H2,1-2H3/t11-,14-/m0/s1. The number of imidazole rings is 1. The average Bonchev–Trinajstić information content (AvgIpc) is 2.87. The normalized spacial score (nSPS) is 14.2. The molecule has 2 rings (SSSR count). The summed E-state index contributed by atoms with van der Waals surface area (Å²) >= 11 is 0. The fourth-order valence-corrected chi connectivity index (χ4v) is 2.19. The van der Waals surface area contributed by atoms with Crippen molar-refractivity contribution in [2.45, 2.75) is 32.6 Å². The Morgan fingerprint density at radius 2 is 2.15 bits per heavy atom. The fourth-order valence-electron chi connectivity index (χ4n) is 2.19. The monoisotopic (exact) mass is 278 g/mol. The highest BCUT2D eigenvalue weighted by molar-refractivity contribution is 5.19. The second kappa shape index (κ2) is 6.63. The van der Waals surface area contributed by atoms with E-state index in [2.05, 4.69) is 4.98 Å². The zero-order valence-electron chi connectivity index (χ0n) is 11.7. The van der Waals surface area contributed by atoms with E-state index in [1.165, 1.54) is 6.07 Å². The predicted octanol–water partition coefficient (Wildman–Crippen LogP) is 2.85. The van der Waals surface area contributed by atoms with Crippen LogP contribution in [0, 0.1) is 5.82 Å². The van der Waals surface area contributed by atoms with E-state index >= 15 is 0 Å². The second-order valence-corrected chi connectivity index (χ2v) is 4.57. The summed E-state index contributed by atoms with van der Waals surface area (Å²) in [6.07, 6.45) is 2.33. The molecule has 1 heterocycles. The van der Waals surface area contributed by atoms with Crippen molar-refractivity contribution in [2.75, 3.05) is 6.61 Å². The first-order valence-corrected chi connectivity index (χ1v) is 6.68. The lowest BCUT2D eigenvalue weighted by atomic mass is 10.1. The number of aliphatic hydroxyl groups excluding tert-OH is 1. The van der Waals surface area contributed by atoms with E-state index in [-0.39, 0.29) is 18.2 Å². The highest BCUT2D eigenvalue weighted by atomic mass is 19.1. The van der Waals surface area contributed by atoms with Crippen molar-refractivity contribution >= 4 is 0 Å². The molecule has 0 aliphatic carbocycles. The van der Waals surface area contributed by atoms with Crippen molar-refractivity contribution in [2.24, 2.45) is 0 Å². The molecule has 20 heavy (non-hydrogen) atoms. The molecule has 0 fully saturated rings. The van der Waals surface area contributed by atoms with Crippen molar-refractivity contribution in [1.82, 2.24) is 9.55 Å². The van der Waals surface area contributed by atoms with Crippen LogP contribution in [-0.4, -0.2) is 21.3 Å².